The van der Waals surface area contributed by atoms with Crippen molar-refractivity contribution in [3.63, 3.8) is 0 Å². The number of benzene rings is 1. The average molecular weight is 274 g/mol. The first-order chi connectivity index (χ1) is 8.41. The Balaban J connectivity index is 2.51. The molecule has 0 fully saturated rings. The molecule has 8 heteroatoms. The molecule has 2 rings (SSSR count). The number of phosphoric acid groups is 1. The predicted octanol–water partition coefficient (Wildman–Crippen LogP) is 2.48. The highest BCUT2D eigenvalue weighted by molar-refractivity contribution is 7.47. The van der Waals surface area contributed by atoms with E-state index in [2.05, 4.69) is 9.25 Å². The average Bonchev–Trinajstić information content (AvgIpc) is 2.27. The van der Waals surface area contributed by atoms with Gasteiger partial charge in [0, 0.05) is 17.5 Å². The Morgan fingerprint density at radius 3 is 2.78 bits per heavy atom. The van der Waals surface area contributed by atoms with Gasteiger partial charge in [-0.15, -0.1) is 0 Å². The summed E-state index contributed by atoms with van der Waals surface area (Å²) in [6.45, 7) is 1.71. The molecule has 1 atom stereocenters. The van der Waals surface area contributed by atoms with E-state index in [1.54, 1.807) is 6.92 Å². The summed E-state index contributed by atoms with van der Waals surface area (Å²) in [5, 5.41) is 0.635. The van der Waals surface area contributed by atoms with Crippen molar-refractivity contribution >= 4 is 18.8 Å². The second kappa shape index (κ2) is 4.53. The van der Waals surface area contributed by atoms with Crippen LogP contribution in [0.5, 0.6) is 5.75 Å². The lowest BCUT2D eigenvalue weighted by molar-refractivity contribution is -0.0363. The number of rotatable bonds is 3. The molecule has 18 heavy (non-hydrogen) atoms. The van der Waals surface area contributed by atoms with Crippen LogP contribution in [0.4, 0.5) is 4.53 Å². The van der Waals surface area contributed by atoms with E-state index in [1.807, 2.05) is 0 Å². The van der Waals surface area contributed by atoms with Crippen LogP contribution >= 0.6 is 7.82 Å². The second-order valence-electron chi connectivity index (χ2n) is 3.54. The van der Waals surface area contributed by atoms with Gasteiger partial charge in [0.15, 0.2) is 0 Å². The zero-order valence-corrected chi connectivity index (χ0v) is 10.0. The molecule has 96 valence electrons. The summed E-state index contributed by atoms with van der Waals surface area (Å²) in [5.41, 5.74) is 0.282. The molecule has 0 bridgehead atoms. The van der Waals surface area contributed by atoms with Gasteiger partial charge >= 0.3 is 13.4 Å². The van der Waals surface area contributed by atoms with Crippen LogP contribution in [0.2, 0.25) is 0 Å². The van der Waals surface area contributed by atoms with Crippen molar-refractivity contribution in [1.29, 1.82) is 0 Å². The largest absolute Gasteiger partial charge is 0.559 e. The molecule has 1 aromatic heterocycles. The van der Waals surface area contributed by atoms with Gasteiger partial charge in [0.1, 0.15) is 11.3 Å². The maximum atomic E-state index is 11.7. The zero-order valence-electron chi connectivity index (χ0n) is 9.12. The van der Waals surface area contributed by atoms with Gasteiger partial charge < -0.3 is 8.94 Å². The highest BCUT2D eigenvalue weighted by Crippen LogP contribution is 2.44. The molecule has 0 radical (unpaired) electrons. The van der Waals surface area contributed by atoms with Crippen molar-refractivity contribution in [3.8, 4) is 5.75 Å². The highest BCUT2D eigenvalue weighted by atomic mass is 31.2. The molecule has 1 aromatic carbocycles. The van der Waals surface area contributed by atoms with Crippen LogP contribution < -0.4 is 10.1 Å². The maximum Gasteiger partial charge on any atom is 0.559 e. The van der Waals surface area contributed by atoms with E-state index < -0.39 is 13.4 Å². The lowest BCUT2D eigenvalue weighted by Gasteiger charge is -2.08. The van der Waals surface area contributed by atoms with Crippen LogP contribution in [0.1, 0.15) is 5.56 Å². The number of aryl methyl sites for hydroxylation is 1. The van der Waals surface area contributed by atoms with Gasteiger partial charge in [0.25, 0.3) is 0 Å². The van der Waals surface area contributed by atoms with E-state index in [0.717, 1.165) is 0 Å². The van der Waals surface area contributed by atoms with Gasteiger partial charge in [-0.25, -0.2) is 9.36 Å². The van der Waals surface area contributed by atoms with Gasteiger partial charge in [0.2, 0.25) is 0 Å². The highest BCUT2D eigenvalue weighted by Gasteiger charge is 2.24. The van der Waals surface area contributed by atoms with Gasteiger partial charge in [-0.3, -0.25) is 4.89 Å². The first kappa shape index (κ1) is 12.8. The van der Waals surface area contributed by atoms with Crippen LogP contribution in [0, 0.1) is 6.92 Å². The molecule has 1 unspecified atom stereocenters. The molecular formula is C10H8FO6P. The van der Waals surface area contributed by atoms with Crippen LogP contribution in [-0.4, -0.2) is 4.89 Å². The molecule has 0 aliphatic rings. The third-order valence-corrected chi connectivity index (χ3v) is 2.85. The predicted molar refractivity (Wildman–Crippen MR) is 59.9 cm³/mol. The Bertz CT molecular complexity index is 694. The van der Waals surface area contributed by atoms with Gasteiger partial charge in [0.05, 0.1) is 0 Å². The van der Waals surface area contributed by atoms with Gasteiger partial charge in [-0.05, 0) is 29.1 Å². The minimum atomic E-state index is -4.78. The fourth-order valence-electron chi connectivity index (χ4n) is 1.51. The van der Waals surface area contributed by atoms with Crippen molar-refractivity contribution in [2.45, 2.75) is 6.92 Å². The quantitative estimate of drug-likeness (QED) is 0.683. The molecular weight excluding hydrogens is 266 g/mol. The van der Waals surface area contributed by atoms with Gasteiger partial charge in [-0.2, -0.15) is 0 Å². The fraction of sp³-hybridized carbons (Fsp3) is 0.100. The molecule has 0 spiro atoms. The Hall–Kier alpha value is -1.69. The molecule has 0 saturated heterocycles. The number of fused-ring (bicyclic) bond motifs is 1. The number of hydrogen-bond acceptors (Lipinski definition) is 5. The van der Waals surface area contributed by atoms with E-state index >= 15 is 0 Å². The molecule has 1 N–H and O–H groups in total. The summed E-state index contributed by atoms with van der Waals surface area (Å²) in [6.07, 6.45) is 0. The SMILES string of the molecule is Cc1cc(=O)oc2cc(OP(=O)(O)OF)ccc12. The standard InChI is InChI=1S/C10H8FO6P/c1-6-4-10(12)15-9-5-7(2-3-8(6)9)16-18(13,14)17-11/h2-5H,1H3,(H,13,14). The number of halogens is 1. The Morgan fingerprint density at radius 2 is 2.11 bits per heavy atom. The lowest BCUT2D eigenvalue weighted by Crippen LogP contribution is -1.98. The minimum absolute atomic E-state index is 0.153. The first-order valence-corrected chi connectivity index (χ1v) is 6.28. The molecule has 2 aromatic rings. The summed E-state index contributed by atoms with van der Waals surface area (Å²) in [5.74, 6) is -0.153. The van der Waals surface area contributed by atoms with Crippen molar-refractivity contribution in [2.24, 2.45) is 0 Å². The van der Waals surface area contributed by atoms with E-state index in [9.17, 15) is 13.9 Å². The Morgan fingerprint density at radius 1 is 1.39 bits per heavy atom. The van der Waals surface area contributed by atoms with Crippen molar-refractivity contribution in [1.82, 2.24) is 0 Å². The summed E-state index contributed by atoms with van der Waals surface area (Å²) in [4.78, 5) is 20.0. The van der Waals surface area contributed by atoms with E-state index in [1.165, 1.54) is 24.3 Å². The molecule has 0 saturated carbocycles. The molecule has 0 amide bonds. The molecule has 0 aliphatic carbocycles. The van der Waals surface area contributed by atoms with Crippen molar-refractivity contribution in [2.75, 3.05) is 0 Å². The number of hydrogen-bond donors (Lipinski definition) is 1. The van der Waals surface area contributed by atoms with Crippen LogP contribution in [0.15, 0.2) is 33.5 Å². The monoisotopic (exact) mass is 274 g/mol. The van der Waals surface area contributed by atoms with Crippen molar-refractivity contribution in [3.05, 3.63) is 40.2 Å². The Kier molecular flexibility index (Phi) is 3.21. The Labute approximate surface area is 100 Å². The summed E-state index contributed by atoms with van der Waals surface area (Å²) in [6, 6.07) is 5.36. The number of phosphoric ester groups is 1. The third kappa shape index (κ3) is 2.59. The lowest BCUT2D eigenvalue weighted by atomic mass is 10.1. The summed E-state index contributed by atoms with van der Waals surface area (Å²) in [7, 11) is -4.78. The van der Waals surface area contributed by atoms with Gasteiger partial charge in [-0.1, -0.05) is 4.73 Å². The van der Waals surface area contributed by atoms with Crippen LogP contribution in [0.3, 0.4) is 0 Å². The zero-order chi connectivity index (χ0) is 13.3. The molecule has 1 heterocycles. The third-order valence-electron chi connectivity index (χ3n) is 2.23. The molecule has 0 aliphatic heterocycles. The topological polar surface area (TPSA) is 86.0 Å². The smallest absolute Gasteiger partial charge is 0.423 e. The molecule has 6 nitrogen and oxygen atoms in total. The van der Waals surface area contributed by atoms with E-state index in [-0.39, 0.29) is 11.3 Å². The van der Waals surface area contributed by atoms with Crippen LogP contribution in [0.25, 0.3) is 11.0 Å². The van der Waals surface area contributed by atoms with Crippen LogP contribution in [-0.2, 0) is 9.29 Å². The normalized spacial score (nSPS) is 14.4. The maximum absolute atomic E-state index is 11.7. The first-order valence-electron chi connectivity index (χ1n) is 4.78. The summed E-state index contributed by atoms with van der Waals surface area (Å²) < 4.78 is 34.6. The van der Waals surface area contributed by atoms with Crippen molar-refractivity contribution < 1.29 is 27.7 Å². The van der Waals surface area contributed by atoms with E-state index in [0.29, 0.717) is 10.9 Å². The minimum Gasteiger partial charge on any atom is -0.423 e. The second-order valence-corrected chi connectivity index (χ2v) is 4.79. The summed E-state index contributed by atoms with van der Waals surface area (Å²) >= 11 is 0. The fourth-order valence-corrected chi connectivity index (χ4v) is 1.92. The van der Waals surface area contributed by atoms with E-state index in [4.69, 9.17) is 9.31 Å².